The van der Waals surface area contributed by atoms with Crippen molar-refractivity contribution >= 4 is 11.3 Å². The number of hydrogen-bond donors (Lipinski definition) is 0. The van der Waals surface area contributed by atoms with Gasteiger partial charge in [-0.1, -0.05) is 0 Å². The maximum absolute atomic E-state index is 5.20. The smallest absolute Gasteiger partial charge is 0.124 e. The Morgan fingerprint density at radius 3 is 2.68 bits per heavy atom. The first-order valence-electron chi connectivity index (χ1n) is 7.39. The number of rotatable bonds is 4. The monoisotopic (exact) mass is 308 g/mol. The van der Waals surface area contributed by atoms with Crippen molar-refractivity contribution in [1.29, 1.82) is 0 Å². The van der Waals surface area contributed by atoms with E-state index in [0.29, 0.717) is 5.92 Å². The summed E-state index contributed by atoms with van der Waals surface area (Å²) < 4.78 is 5.20. The quantitative estimate of drug-likeness (QED) is 0.697. The Morgan fingerprint density at radius 1 is 1.14 bits per heavy atom. The van der Waals surface area contributed by atoms with Crippen LogP contribution in [0.1, 0.15) is 24.3 Å². The normalized spacial score (nSPS) is 14.0. The third-order valence-corrected chi connectivity index (χ3v) is 4.88. The fraction of sp³-hybridized carbons (Fsp3) is 0.222. The van der Waals surface area contributed by atoms with Gasteiger partial charge in [0.05, 0.1) is 12.8 Å². The summed E-state index contributed by atoms with van der Waals surface area (Å²) in [7, 11) is 1.68. The van der Waals surface area contributed by atoms with Crippen molar-refractivity contribution in [1.82, 2.24) is 9.97 Å². The minimum Gasteiger partial charge on any atom is -0.497 e. The summed E-state index contributed by atoms with van der Waals surface area (Å²) in [5, 5.41) is 3.16. The van der Waals surface area contributed by atoms with E-state index >= 15 is 0 Å². The number of aromatic nitrogens is 2. The highest BCUT2D eigenvalue weighted by atomic mass is 32.1. The van der Waals surface area contributed by atoms with Crippen LogP contribution in [0.3, 0.4) is 0 Å². The Labute approximate surface area is 133 Å². The fourth-order valence-corrected chi connectivity index (χ4v) is 3.46. The Balaban J connectivity index is 1.69. The average molecular weight is 308 g/mol. The van der Waals surface area contributed by atoms with E-state index in [4.69, 9.17) is 9.72 Å². The SMILES string of the molecule is COc1ccc(-c2nc(-c3cnccc3C3CC3)cs2)cc1. The van der Waals surface area contributed by atoms with Crippen LogP contribution in [0.25, 0.3) is 21.8 Å². The molecule has 4 heteroatoms. The van der Waals surface area contributed by atoms with Gasteiger partial charge >= 0.3 is 0 Å². The van der Waals surface area contributed by atoms with E-state index in [1.54, 1.807) is 18.4 Å². The molecule has 22 heavy (non-hydrogen) atoms. The zero-order chi connectivity index (χ0) is 14.9. The van der Waals surface area contributed by atoms with Gasteiger partial charge < -0.3 is 4.74 Å². The third kappa shape index (κ3) is 2.50. The van der Waals surface area contributed by atoms with Crippen molar-refractivity contribution in [2.24, 2.45) is 0 Å². The van der Waals surface area contributed by atoms with E-state index in [2.05, 4.69) is 16.4 Å². The molecule has 0 spiro atoms. The van der Waals surface area contributed by atoms with Gasteiger partial charge in [-0.25, -0.2) is 4.98 Å². The second-order valence-corrected chi connectivity index (χ2v) is 6.36. The zero-order valence-corrected chi connectivity index (χ0v) is 13.1. The molecule has 0 bridgehead atoms. The van der Waals surface area contributed by atoms with Crippen molar-refractivity contribution in [3.05, 3.63) is 53.7 Å². The molecule has 110 valence electrons. The van der Waals surface area contributed by atoms with Gasteiger partial charge in [0, 0.05) is 28.9 Å². The van der Waals surface area contributed by atoms with Crippen molar-refractivity contribution in [2.75, 3.05) is 7.11 Å². The van der Waals surface area contributed by atoms with Crippen LogP contribution in [0, 0.1) is 0 Å². The molecule has 0 amide bonds. The summed E-state index contributed by atoms with van der Waals surface area (Å²) in [6.45, 7) is 0. The molecular weight excluding hydrogens is 292 g/mol. The minimum atomic E-state index is 0.698. The van der Waals surface area contributed by atoms with E-state index in [-0.39, 0.29) is 0 Å². The van der Waals surface area contributed by atoms with Gasteiger partial charge in [0.15, 0.2) is 0 Å². The second kappa shape index (κ2) is 5.54. The number of nitrogens with zero attached hydrogens (tertiary/aromatic N) is 2. The first kappa shape index (κ1) is 13.5. The van der Waals surface area contributed by atoms with E-state index in [1.807, 2.05) is 36.7 Å². The van der Waals surface area contributed by atoms with Gasteiger partial charge in [0.1, 0.15) is 10.8 Å². The van der Waals surface area contributed by atoms with Crippen LogP contribution in [-0.2, 0) is 0 Å². The molecule has 0 radical (unpaired) electrons. The first-order valence-corrected chi connectivity index (χ1v) is 8.27. The summed E-state index contributed by atoms with van der Waals surface area (Å²) in [5.74, 6) is 1.56. The maximum atomic E-state index is 5.20. The van der Waals surface area contributed by atoms with Crippen LogP contribution in [-0.4, -0.2) is 17.1 Å². The van der Waals surface area contributed by atoms with Crippen molar-refractivity contribution in [3.63, 3.8) is 0 Å². The predicted molar refractivity (Wildman–Crippen MR) is 89.3 cm³/mol. The van der Waals surface area contributed by atoms with E-state index < -0.39 is 0 Å². The lowest BCUT2D eigenvalue weighted by Gasteiger charge is -2.04. The summed E-state index contributed by atoms with van der Waals surface area (Å²) in [4.78, 5) is 9.10. The van der Waals surface area contributed by atoms with E-state index in [1.165, 1.54) is 24.0 Å². The highest BCUT2D eigenvalue weighted by Crippen LogP contribution is 2.44. The molecule has 3 aromatic rings. The number of thiazole rings is 1. The van der Waals surface area contributed by atoms with Gasteiger partial charge in [-0.05, 0) is 54.7 Å². The lowest BCUT2D eigenvalue weighted by Crippen LogP contribution is -1.89. The summed E-state index contributed by atoms with van der Waals surface area (Å²) in [6.07, 6.45) is 6.40. The molecule has 1 aliphatic carbocycles. The summed E-state index contributed by atoms with van der Waals surface area (Å²) in [6, 6.07) is 10.2. The minimum absolute atomic E-state index is 0.698. The topological polar surface area (TPSA) is 35.0 Å². The summed E-state index contributed by atoms with van der Waals surface area (Å²) in [5.41, 5.74) is 4.72. The molecule has 1 fully saturated rings. The zero-order valence-electron chi connectivity index (χ0n) is 12.3. The van der Waals surface area contributed by atoms with Crippen molar-refractivity contribution < 1.29 is 4.74 Å². The van der Waals surface area contributed by atoms with Gasteiger partial charge in [-0.15, -0.1) is 11.3 Å². The Kier molecular flexibility index (Phi) is 3.39. The van der Waals surface area contributed by atoms with Crippen LogP contribution in [0.2, 0.25) is 0 Å². The molecule has 0 unspecified atom stereocenters. The maximum Gasteiger partial charge on any atom is 0.124 e. The Hall–Kier alpha value is -2.20. The van der Waals surface area contributed by atoms with E-state index in [0.717, 1.165) is 22.0 Å². The molecule has 0 N–H and O–H groups in total. The molecule has 0 aliphatic heterocycles. The van der Waals surface area contributed by atoms with Gasteiger partial charge in [0.25, 0.3) is 0 Å². The number of pyridine rings is 1. The molecule has 0 saturated heterocycles. The molecule has 4 rings (SSSR count). The van der Waals surface area contributed by atoms with Crippen LogP contribution in [0.15, 0.2) is 48.1 Å². The second-order valence-electron chi connectivity index (χ2n) is 5.50. The average Bonchev–Trinajstić information content (AvgIpc) is 3.32. The van der Waals surface area contributed by atoms with Crippen molar-refractivity contribution in [2.45, 2.75) is 18.8 Å². The Bertz CT molecular complexity index is 791. The largest absolute Gasteiger partial charge is 0.497 e. The molecule has 1 saturated carbocycles. The van der Waals surface area contributed by atoms with Crippen molar-refractivity contribution in [3.8, 4) is 27.6 Å². The third-order valence-electron chi connectivity index (χ3n) is 3.99. The van der Waals surface area contributed by atoms with Gasteiger partial charge in [-0.3, -0.25) is 4.98 Å². The highest BCUT2D eigenvalue weighted by Gasteiger charge is 2.27. The molecule has 2 heterocycles. The van der Waals surface area contributed by atoms with Crippen LogP contribution in [0.5, 0.6) is 5.75 Å². The number of hydrogen-bond acceptors (Lipinski definition) is 4. The van der Waals surface area contributed by atoms with E-state index in [9.17, 15) is 0 Å². The van der Waals surface area contributed by atoms with Crippen LogP contribution < -0.4 is 4.74 Å². The van der Waals surface area contributed by atoms with Gasteiger partial charge in [-0.2, -0.15) is 0 Å². The van der Waals surface area contributed by atoms with Crippen LogP contribution >= 0.6 is 11.3 Å². The first-order chi connectivity index (χ1) is 10.8. The standard InChI is InChI=1S/C18H16N2OS/c1-21-14-6-4-13(5-7-14)18-20-17(11-22-18)16-10-19-9-8-15(16)12-2-3-12/h4-12H,2-3H2,1H3. The molecule has 1 aromatic carbocycles. The predicted octanol–water partition coefficient (Wildman–Crippen LogP) is 4.76. The molecule has 0 atom stereocenters. The number of ether oxygens (including phenoxy) is 1. The van der Waals surface area contributed by atoms with Crippen LogP contribution in [0.4, 0.5) is 0 Å². The number of methoxy groups -OCH3 is 1. The molecular formula is C18H16N2OS. The fourth-order valence-electron chi connectivity index (χ4n) is 2.63. The number of benzene rings is 1. The lowest BCUT2D eigenvalue weighted by molar-refractivity contribution is 0.415. The lowest BCUT2D eigenvalue weighted by atomic mass is 10.0. The Morgan fingerprint density at radius 2 is 1.95 bits per heavy atom. The van der Waals surface area contributed by atoms with Gasteiger partial charge in [0.2, 0.25) is 0 Å². The molecule has 2 aromatic heterocycles. The molecule has 3 nitrogen and oxygen atoms in total. The molecule has 1 aliphatic rings. The highest BCUT2D eigenvalue weighted by molar-refractivity contribution is 7.13. The summed E-state index contributed by atoms with van der Waals surface area (Å²) >= 11 is 1.67.